The minimum atomic E-state index is -1.61. The average Bonchev–Trinajstić information content (AvgIpc) is 2.09. The highest BCUT2D eigenvalue weighted by Crippen LogP contribution is 2.47. The van der Waals surface area contributed by atoms with Crippen LogP contribution >= 0.6 is 0 Å². The van der Waals surface area contributed by atoms with Crippen molar-refractivity contribution in [2.45, 2.75) is 65.2 Å². The number of fused-ring (bicyclic) bond motifs is 2. The van der Waals surface area contributed by atoms with E-state index in [4.69, 9.17) is 18.9 Å². The van der Waals surface area contributed by atoms with E-state index in [0.717, 1.165) is 109 Å². The van der Waals surface area contributed by atoms with Gasteiger partial charge in [-0.05, 0) is 176 Å². The normalized spacial score (nSPS) is 11.3. The van der Waals surface area contributed by atoms with Gasteiger partial charge in [0.1, 0.15) is 23.0 Å². The molecule has 0 aliphatic rings. The molecule has 12 heteroatoms. The molecule has 0 spiro atoms. The minimum absolute atomic E-state index is 0.0206. The topological polar surface area (TPSA) is 71.1 Å². The van der Waals surface area contributed by atoms with Crippen molar-refractivity contribution in [3.05, 3.63) is 228 Å². The van der Waals surface area contributed by atoms with Crippen LogP contribution in [0.4, 0.5) is 26.3 Å². The SMILES string of the molecule is CCCCCCOc1ccc(-c2ccc(C(=O)Oc3ccc4cc(-c5cc(F)c(F)c(F)c5)ccc4c3-c3c(OC(=O)c4ccc(-c5ccc(OCCCCCC)cc5)cc4)ccc4cc(-c5cc(F)c(F)c(F)c5)ccc34)cc2)cc1. The van der Waals surface area contributed by atoms with Crippen LogP contribution in [0.2, 0.25) is 0 Å². The quantitative estimate of drug-likeness (QED) is 0.0235. The van der Waals surface area contributed by atoms with Crippen LogP contribution in [0.25, 0.3) is 77.2 Å². The number of ether oxygens (including phenoxy) is 4. The second kappa shape index (κ2) is 25.5. The third-order valence-corrected chi connectivity index (χ3v) is 14.4. The summed E-state index contributed by atoms with van der Waals surface area (Å²) in [4.78, 5) is 28.8. The predicted molar refractivity (Wildman–Crippen MR) is 310 cm³/mol. The Morgan fingerprint density at radius 3 is 1.01 bits per heavy atom. The highest BCUT2D eigenvalue weighted by Gasteiger charge is 2.25. The summed E-state index contributed by atoms with van der Waals surface area (Å²) >= 11 is 0. The molecule has 0 bridgehead atoms. The number of benzene rings is 10. The van der Waals surface area contributed by atoms with E-state index in [1.54, 1.807) is 109 Å². The van der Waals surface area contributed by atoms with E-state index in [9.17, 15) is 35.9 Å². The summed E-state index contributed by atoms with van der Waals surface area (Å²) in [6, 6.07) is 48.8. The molecule has 0 saturated carbocycles. The number of carbonyl (C=O) groups is 2. The highest BCUT2D eigenvalue weighted by atomic mass is 19.2. The molecule has 0 heterocycles. The first-order chi connectivity index (χ1) is 39.8. The van der Waals surface area contributed by atoms with Gasteiger partial charge in [-0.2, -0.15) is 0 Å². The molecule has 0 aliphatic heterocycles. The lowest BCUT2D eigenvalue weighted by Crippen LogP contribution is -2.11. The summed E-state index contributed by atoms with van der Waals surface area (Å²) in [7, 11) is 0. The van der Waals surface area contributed by atoms with Gasteiger partial charge in [-0.15, -0.1) is 0 Å². The number of unbranched alkanes of at least 4 members (excludes halogenated alkanes) is 6. The van der Waals surface area contributed by atoms with Gasteiger partial charge in [0.2, 0.25) is 0 Å². The van der Waals surface area contributed by atoms with E-state index in [2.05, 4.69) is 13.8 Å². The molecule has 0 saturated heterocycles. The molecule has 10 rings (SSSR count). The maximum atomic E-state index is 14.6. The zero-order valence-corrected chi connectivity index (χ0v) is 45.1. The van der Waals surface area contributed by atoms with Crippen LogP contribution < -0.4 is 18.9 Å². The number of esters is 2. The Morgan fingerprint density at radius 1 is 0.341 bits per heavy atom. The highest BCUT2D eigenvalue weighted by molar-refractivity contribution is 6.12. The number of hydrogen-bond acceptors (Lipinski definition) is 6. The molecular weight excluding hydrogens is 1050 g/mol. The molecule has 0 fully saturated rings. The fraction of sp³-hybridized carbons (Fsp3) is 0.171. The summed E-state index contributed by atoms with van der Waals surface area (Å²) in [5.74, 6) is -8.65. The van der Waals surface area contributed by atoms with Gasteiger partial charge in [0.05, 0.1) is 24.3 Å². The van der Waals surface area contributed by atoms with Gasteiger partial charge < -0.3 is 18.9 Å². The maximum absolute atomic E-state index is 14.6. The number of halogens is 6. The Balaban J connectivity index is 1.04. The second-order valence-corrected chi connectivity index (χ2v) is 20.1. The summed E-state index contributed by atoms with van der Waals surface area (Å²) in [6.07, 6.45) is 8.77. The summed E-state index contributed by atoms with van der Waals surface area (Å²) in [6.45, 7) is 5.59. The van der Waals surface area contributed by atoms with Gasteiger partial charge in [-0.3, -0.25) is 0 Å². The first-order valence-electron chi connectivity index (χ1n) is 27.4. The number of rotatable bonds is 21. The average molecular weight is 1110 g/mol. The molecule has 0 aromatic heterocycles. The van der Waals surface area contributed by atoms with Crippen molar-refractivity contribution in [1.82, 2.24) is 0 Å². The molecule has 414 valence electrons. The molecular formula is C70H56F6O6. The van der Waals surface area contributed by atoms with Crippen molar-refractivity contribution in [2.24, 2.45) is 0 Å². The van der Waals surface area contributed by atoms with E-state index >= 15 is 0 Å². The van der Waals surface area contributed by atoms with Crippen LogP contribution in [-0.2, 0) is 0 Å². The number of carbonyl (C=O) groups excluding carboxylic acids is 2. The van der Waals surface area contributed by atoms with Gasteiger partial charge in [0, 0.05) is 11.1 Å². The first kappa shape index (κ1) is 56.1. The van der Waals surface area contributed by atoms with E-state index in [0.29, 0.717) is 45.9 Å². The van der Waals surface area contributed by atoms with Crippen molar-refractivity contribution in [1.29, 1.82) is 0 Å². The van der Waals surface area contributed by atoms with Crippen molar-refractivity contribution in [2.75, 3.05) is 13.2 Å². The van der Waals surface area contributed by atoms with Gasteiger partial charge in [-0.25, -0.2) is 35.9 Å². The van der Waals surface area contributed by atoms with E-state index in [1.165, 1.54) is 0 Å². The van der Waals surface area contributed by atoms with Crippen LogP contribution in [0.15, 0.2) is 182 Å². The summed E-state index contributed by atoms with van der Waals surface area (Å²) in [5, 5.41) is 1.80. The summed E-state index contributed by atoms with van der Waals surface area (Å²) < 4.78 is 111. The Bertz CT molecular complexity index is 3630. The van der Waals surface area contributed by atoms with Crippen LogP contribution in [0.5, 0.6) is 23.0 Å². The maximum Gasteiger partial charge on any atom is 0.343 e. The third-order valence-electron chi connectivity index (χ3n) is 14.4. The van der Waals surface area contributed by atoms with E-state index in [1.807, 2.05) is 48.5 Å². The fourth-order valence-electron chi connectivity index (χ4n) is 9.95. The molecule has 10 aromatic rings. The van der Waals surface area contributed by atoms with Gasteiger partial charge >= 0.3 is 11.9 Å². The van der Waals surface area contributed by atoms with Crippen molar-refractivity contribution in [3.8, 4) is 78.6 Å². The van der Waals surface area contributed by atoms with Crippen molar-refractivity contribution in [3.63, 3.8) is 0 Å². The Kier molecular flexibility index (Phi) is 17.5. The molecule has 0 unspecified atom stereocenters. The Labute approximate surface area is 471 Å². The number of hydrogen-bond donors (Lipinski definition) is 0. The largest absolute Gasteiger partial charge is 0.494 e. The van der Waals surface area contributed by atoms with Crippen LogP contribution in [0.1, 0.15) is 85.9 Å². The van der Waals surface area contributed by atoms with E-state index < -0.39 is 46.8 Å². The standard InChI is InChI=1S/C70H56F6O6/c1-3-5-7-9-35-79-55-27-19-45(20-28-55)43-11-15-47(16-12-43)69(77)81-63-33-25-51-37-49(53-39-59(71)67(75)60(72)40-53)23-31-57(51)65(63)66-58-32-24-50(54-41-61(73)68(76)62(74)42-54)38-52(58)26-34-64(66)82-70(78)48-17-13-44(14-18-48)46-21-29-56(30-22-46)80-36-10-8-6-4-2/h11-34,37-42H,3-10,35-36H2,1-2H3. The zero-order chi connectivity index (χ0) is 57.3. The molecule has 0 N–H and O–H groups in total. The lowest BCUT2D eigenvalue weighted by Gasteiger charge is -2.20. The summed E-state index contributed by atoms with van der Waals surface area (Å²) in [5.41, 5.74) is 5.13. The lowest BCUT2D eigenvalue weighted by molar-refractivity contribution is 0.0723. The Morgan fingerprint density at radius 2 is 0.671 bits per heavy atom. The van der Waals surface area contributed by atoms with Crippen LogP contribution in [0, 0.1) is 34.9 Å². The third kappa shape index (κ3) is 12.7. The smallest absolute Gasteiger partial charge is 0.343 e. The van der Waals surface area contributed by atoms with Gasteiger partial charge in [0.15, 0.2) is 34.9 Å². The molecule has 0 aliphatic carbocycles. The molecule has 0 radical (unpaired) electrons. The molecule has 0 amide bonds. The predicted octanol–water partition coefficient (Wildman–Crippen LogP) is 19.5. The van der Waals surface area contributed by atoms with Crippen LogP contribution in [-0.4, -0.2) is 25.2 Å². The fourth-order valence-corrected chi connectivity index (χ4v) is 9.95. The second-order valence-electron chi connectivity index (χ2n) is 20.1. The molecule has 82 heavy (non-hydrogen) atoms. The molecule has 6 nitrogen and oxygen atoms in total. The zero-order valence-electron chi connectivity index (χ0n) is 45.1. The lowest BCUT2D eigenvalue weighted by atomic mass is 9.90. The molecule has 0 atom stereocenters. The van der Waals surface area contributed by atoms with Crippen LogP contribution in [0.3, 0.4) is 0 Å². The Hall–Kier alpha value is -9.16. The van der Waals surface area contributed by atoms with Gasteiger partial charge in [0.25, 0.3) is 0 Å². The first-order valence-corrected chi connectivity index (χ1v) is 27.4. The van der Waals surface area contributed by atoms with Gasteiger partial charge in [-0.1, -0.05) is 137 Å². The monoisotopic (exact) mass is 1110 g/mol. The molecule has 10 aromatic carbocycles. The minimum Gasteiger partial charge on any atom is -0.494 e. The van der Waals surface area contributed by atoms with E-state index in [-0.39, 0.29) is 44.9 Å². The van der Waals surface area contributed by atoms with Crippen molar-refractivity contribution < 1.29 is 54.9 Å². The van der Waals surface area contributed by atoms with Crippen molar-refractivity contribution >= 4 is 33.5 Å².